The third-order valence-electron chi connectivity index (χ3n) is 4.97. The number of carbonyl (C=O) groups is 2. The molecule has 1 fully saturated rings. The second kappa shape index (κ2) is 9.32. The van der Waals surface area contributed by atoms with Gasteiger partial charge in [0.25, 0.3) is 0 Å². The van der Waals surface area contributed by atoms with Crippen LogP contribution in [0.3, 0.4) is 0 Å². The molecule has 1 aliphatic heterocycles. The molecule has 8 heteroatoms. The molecule has 0 aliphatic carbocycles. The van der Waals surface area contributed by atoms with Crippen LogP contribution in [0.15, 0.2) is 29.2 Å². The van der Waals surface area contributed by atoms with Gasteiger partial charge in [-0.15, -0.1) is 0 Å². The summed E-state index contributed by atoms with van der Waals surface area (Å²) < 4.78 is 26.4. The van der Waals surface area contributed by atoms with Crippen LogP contribution in [-0.4, -0.2) is 73.6 Å². The van der Waals surface area contributed by atoms with Crippen molar-refractivity contribution in [1.29, 1.82) is 0 Å². The molecule has 0 radical (unpaired) electrons. The maximum absolute atomic E-state index is 12.5. The Hall–Kier alpha value is -1.93. The zero-order valence-corrected chi connectivity index (χ0v) is 17.2. The van der Waals surface area contributed by atoms with Gasteiger partial charge in [0, 0.05) is 52.6 Å². The van der Waals surface area contributed by atoms with Crippen LogP contribution in [0.5, 0.6) is 0 Å². The van der Waals surface area contributed by atoms with Crippen molar-refractivity contribution in [3.8, 4) is 0 Å². The van der Waals surface area contributed by atoms with E-state index in [-0.39, 0.29) is 16.7 Å². The van der Waals surface area contributed by atoms with Crippen molar-refractivity contribution in [2.24, 2.45) is 0 Å². The fraction of sp³-hybridized carbons (Fsp3) is 0.579. The lowest BCUT2D eigenvalue weighted by Gasteiger charge is -2.34. The fourth-order valence-electron chi connectivity index (χ4n) is 3.22. The number of hydrogen-bond acceptors (Lipinski definition) is 4. The number of benzene rings is 1. The lowest BCUT2D eigenvalue weighted by Crippen LogP contribution is -2.50. The van der Waals surface area contributed by atoms with E-state index in [1.165, 1.54) is 4.31 Å². The lowest BCUT2D eigenvalue weighted by molar-refractivity contribution is -0.138. The Balaban J connectivity index is 1.90. The van der Waals surface area contributed by atoms with E-state index in [0.717, 1.165) is 5.56 Å². The van der Waals surface area contributed by atoms with Crippen LogP contribution in [0.2, 0.25) is 0 Å². The van der Waals surface area contributed by atoms with Crippen LogP contribution in [-0.2, 0) is 26.0 Å². The third-order valence-corrected chi connectivity index (χ3v) is 7.04. The van der Waals surface area contributed by atoms with Gasteiger partial charge in [-0.3, -0.25) is 9.59 Å². The molecule has 0 spiro atoms. The Labute approximate surface area is 162 Å². The topological polar surface area (TPSA) is 78.0 Å². The Bertz CT molecular complexity index is 750. The molecule has 1 aromatic rings. The molecule has 2 rings (SSSR count). The summed E-state index contributed by atoms with van der Waals surface area (Å²) >= 11 is 0. The van der Waals surface area contributed by atoms with Crippen molar-refractivity contribution < 1.29 is 18.0 Å². The number of carbonyl (C=O) groups excluding carboxylic acids is 2. The van der Waals surface area contributed by atoms with Crippen molar-refractivity contribution in [2.75, 3.05) is 39.3 Å². The predicted molar refractivity (Wildman–Crippen MR) is 104 cm³/mol. The second-order valence-electron chi connectivity index (χ2n) is 6.62. The summed E-state index contributed by atoms with van der Waals surface area (Å²) in [5, 5.41) is 0. The van der Waals surface area contributed by atoms with Gasteiger partial charge < -0.3 is 9.80 Å². The average Bonchev–Trinajstić information content (AvgIpc) is 2.67. The molecule has 1 aromatic carbocycles. The molecular formula is C19H29N3O4S. The largest absolute Gasteiger partial charge is 0.339 e. The summed E-state index contributed by atoms with van der Waals surface area (Å²) in [6.45, 7) is 8.35. The molecule has 0 saturated carbocycles. The molecule has 2 amide bonds. The number of amides is 2. The summed E-state index contributed by atoms with van der Waals surface area (Å²) in [4.78, 5) is 27.5. The van der Waals surface area contributed by atoms with Crippen LogP contribution in [0, 0.1) is 0 Å². The van der Waals surface area contributed by atoms with E-state index in [9.17, 15) is 18.0 Å². The minimum Gasteiger partial charge on any atom is -0.339 e. The summed E-state index contributed by atoms with van der Waals surface area (Å²) in [6, 6.07) is 6.77. The summed E-state index contributed by atoms with van der Waals surface area (Å²) in [6.07, 6.45) is 0.944. The van der Waals surface area contributed by atoms with Gasteiger partial charge in [-0.25, -0.2) is 8.42 Å². The number of aryl methyl sites for hydroxylation is 1. The van der Waals surface area contributed by atoms with E-state index < -0.39 is 10.0 Å². The number of hydrogen-bond donors (Lipinski definition) is 0. The van der Waals surface area contributed by atoms with Crippen molar-refractivity contribution in [3.05, 3.63) is 29.8 Å². The first-order valence-corrected chi connectivity index (χ1v) is 10.9. The highest BCUT2D eigenvalue weighted by molar-refractivity contribution is 7.89. The monoisotopic (exact) mass is 395 g/mol. The van der Waals surface area contributed by atoms with Crippen molar-refractivity contribution in [1.82, 2.24) is 14.1 Å². The van der Waals surface area contributed by atoms with Gasteiger partial charge >= 0.3 is 0 Å². The second-order valence-corrected chi connectivity index (χ2v) is 8.56. The van der Waals surface area contributed by atoms with Crippen molar-refractivity contribution in [2.45, 2.75) is 38.5 Å². The zero-order valence-electron chi connectivity index (χ0n) is 16.3. The third kappa shape index (κ3) is 5.29. The van der Waals surface area contributed by atoms with Crippen molar-refractivity contribution in [3.63, 3.8) is 0 Å². The van der Waals surface area contributed by atoms with E-state index in [0.29, 0.717) is 52.1 Å². The Kier molecular flexibility index (Phi) is 7.38. The molecule has 7 nitrogen and oxygen atoms in total. The quantitative estimate of drug-likeness (QED) is 0.698. The average molecular weight is 396 g/mol. The standard InChI is InChI=1S/C19H29N3O4S/c1-4-22(5-2)27(25,26)18-9-6-17(7-10-18)8-11-19(24)21-14-12-20(13-15-21)16(3)23/h6-7,9-10H,4-5,8,11-15H2,1-3H3. The summed E-state index contributed by atoms with van der Waals surface area (Å²) in [7, 11) is -3.45. The molecule has 1 heterocycles. The van der Waals surface area contributed by atoms with E-state index in [1.54, 1.807) is 41.0 Å². The summed E-state index contributed by atoms with van der Waals surface area (Å²) in [5.74, 6) is 0.111. The van der Waals surface area contributed by atoms with Gasteiger partial charge in [0.2, 0.25) is 21.8 Å². The Morgan fingerprint density at radius 3 is 1.96 bits per heavy atom. The summed E-state index contributed by atoms with van der Waals surface area (Å²) in [5.41, 5.74) is 0.934. The van der Waals surface area contributed by atoms with Crippen LogP contribution in [0.4, 0.5) is 0 Å². The van der Waals surface area contributed by atoms with Gasteiger partial charge in [-0.1, -0.05) is 26.0 Å². The molecule has 0 atom stereocenters. The minimum atomic E-state index is -3.45. The van der Waals surface area contributed by atoms with Crippen LogP contribution < -0.4 is 0 Å². The molecule has 27 heavy (non-hydrogen) atoms. The van der Waals surface area contributed by atoms with E-state index in [2.05, 4.69) is 0 Å². The highest BCUT2D eigenvalue weighted by Crippen LogP contribution is 2.17. The minimum absolute atomic E-state index is 0.0434. The van der Waals surface area contributed by atoms with Crippen LogP contribution in [0.1, 0.15) is 32.8 Å². The number of piperazine rings is 1. The Morgan fingerprint density at radius 1 is 0.963 bits per heavy atom. The first-order chi connectivity index (χ1) is 12.8. The first-order valence-electron chi connectivity index (χ1n) is 9.42. The highest BCUT2D eigenvalue weighted by atomic mass is 32.2. The number of rotatable bonds is 7. The normalized spacial score (nSPS) is 15.3. The smallest absolute Gasteiger partial charge is 0.243 e. The lowest BCUT2D eigenvalue weighted by atomic mass is 10.1. The molecular weight excluding hydrogens is 366 g/mol. The highest BCUT2D eigenvalue weighted by Gasteiger charge is 2.23. The zero-order chi connectivity index (χ0) is 20.0. The Morgan fingerprint density at radius 2 is 1.48 bits per heavy atom. The van der Waals surface area contributed by atoms with Gasteiger partial charge in [0.1, 0.15) is 0 Å². The first kappa shape index (κ1) is 21.4. The van der Waals surface area contributed by atoms with Crippen LogP contribution >= 0.6 is 0 Å². The number of nitrogens with zero attached hydrogens (tertiary/aromatic N) is 3. The van der Waals surface area contributed by atoms with Gasteiger partial charge in [-0.05, 0) is 24.1 Å². The SMILES string of the molecule is CCN(CC)S(=O)(=O)c1ccc(CCC(=O)N2CCN(C(C)=O)CC2)cc1. The predicted octanol–water partition coefficient (Wildman–Crippen LogP) is 1.34. The van der Waals surface area contributed by atoms with Gasteiger partial charge in [0.05, 0.1) is 4.90 Å². The van der Waals surface area contributed by atoms with Crippen molar-refractivity contribution >= 4 is 21.8 Å². The van der Waals surface area contributed by atoms with Gasteiger partial charge in [0.15, 0.2) is 0 Å². The fourth-order valence-corrected chi connectivity index (χ4v) is 4.68. The molecule has 0 aromatic heterocycles. The number of sulfonamides is 1. The maximum atomic E-state index is 12.5. The molecule has 150 valence electrons. The molecule has 1 saturated heterocycles. The van der Waals surface area contributed by atoms with E-state index in [4.69, 9.17) is 0 Å². The molecule has 0 bridgehead atoms. The van der Waals surface area contributed by atoms with E-state index in [1.807, 2.05) is 13.8 Å². The molecule has 0 N–H and O–H groups in total. The van der Waals surface area contributed by atoms with E-state index >= 15 is 0 Å². The maximum Gasteiger partial charge on any atom is 0.243 e. The van der Waals surface area contributed by atoms with Gasteiger partial charge in [-0.2, -0.15) is 4.31 Å². The molecule has 0 unspecified atom stereocenters. The molecule has 1 aliphatic rings. The van der Waals surface area contributed by atoms with Crippen LogP contribution in [0.25, 0.3) is 0 Å².